The first kappa shape index (κ1) is 13.9. The molecule has 6 nitrogen and oxygen atoms in total. The van der Waals surface area contributed by atoms with Gasteiger partial charge in [-0.1, -0.05) is 24.3 Å². The zero-order valence-electron chi connectivity index (χ0n) is 12.1. The first-order valence-electron chi connectivity index (χ1n) is 6.89. The van der Waals surface area contributed by atoms with Gasteiger partial charge in [0.1, 0.15) is 12.1 Å². The van der Waals surface area contributed by atoms with Gasteiger partial charge in [0.2, 0.25) is 5.91 Å². The molecule has 6 heteroatoms. The van der Waals surface area contributed by atoms with E-state index in [2.05, 4.69) is 20.4 Å². The highest BCUT2D eigenvalue weighted by atomic mass is 16.1. The van der Waals surface area contributed by atoms with Crippen molar-refractivity contribution in [2.45, 2.75) is 13.3 Å². The molecule has 0 aliphatic carbocycles. The molecule has 0 aliphatic rings. The lowest BCUT2D eigenvalue weighted by atomic mass is 10.1. The molecule has 3 aromatic rings. The van der Waals surface area contributed by atoms with Crippen LogP contribution in [0.2, 0.25) is 0 Å². The van der Waals surface area contributed by atoms with E-state index >= 15 is 0 Å². The lowest BCUT2D eigenvalue weighted by Gasteiger charge is -2.07. The first-order chi connectivity index (χ1) is 10.7. The number of anilines is 1. The Balaban J connectivity index is 1.72. The van der Waals surface area contributed by atoms with Crippen molar-refractivity contribution in [3.8, 4) is 5.82 Å². The third-order valence-electron chi connectivity index (χ3n) is 3.27. The number of carbonyl (C=O) groups excluding carboxylic acids is 1. The Morgan fingerprint density at radius 1 is 1.23 bits per heavy atom. The maximum atomic E-state index is 12.1. The van der Waals surface area contributed by atoms with Crippen LogP contribution in [0.25, 0.3) is 5.82 Å². The number of nitrogens with zero attached hydrogens (tertiary/aromatic N) is 4. The van der Waals surface area contributed by atoms with Gasteiger partial charge in [-0.3, -0.25) is 4.79 Å². The Morgan fingerprint density at radius 2 is 2.09 bits per heavy atom. The van der Waals surface area contributed by atoms with E-state index in [1.54, 1.807) is 29.2 Å². The quantitative estimate of drug-likeness (QED) is 0.800. The molecule has 0 aliphatic heterocycles. The molecule has 0 bridgehead atoms. The Kier molecular flexibility index (Phi) is 3.91. The number of carbonyl (C=O) groups is 1. The van der Waals surface area contributed by atoms with Crippen molar-refractivity contribution in [1.29, 1.82) is 0 Å². The normalized spacial score (nSPS) is 10.4. The van der Waals surface area contributed by atoms with Gasteiger partial charge in [-0.15, -0.1) is 0 Å². The monoisotopic (exact) mass is 293 g/mol. The topological polar surface area (TPSA) is 72.7 Å². The first-order valence-corrected chi connectivity index (χ1v) is 6.89. The molecule has 0 atom stereocenters. The van der Waals surface area contributed by atoms with Crippen LogP contribution in [0, 0.1) is 6.92 Å². The number of hydrogen-bond donors (Lipinski definition) is 1. The molecule has 0 saturated carbocycles. The van der Waals surface area contributed by atoms with E-state index in [0.717, 1.165) is 11.1 Å². The lowest BCUT2D eigenvalue weighted by molar-refractivity contribution is -0.115. The molecule has 22 heavy (non-hydrogen) atoms. The van der Waals surface area contributed by atoms with Gasteiger partial charge in [-0.05, 0) is 24.1 Å². The summed E-state index contributed by atoms with van der Waals surface area (Å²) in [6, 6.07) is 11.3. The van der Waals surface area contributed by atoms with Crippen LogP contribution in [0.5, 0.6) is 0 Å². The van der Waals surface area contributed by atoms with Crippen LogP contribution in [-0.2, 0) is 11.2 Å². The largest absolute Gasteiger partial charge is 0.310 e. The van der Waals surface area contributed by atoms with E-state index in [1.807, 2.05) is 31.2 Å². The average Bonchev–Trinajstić information content (AvgIpc) is 3.04. The van der Waals surface area contributed by atoms with Crippen molar-refractivity contribution in [2.24, 2.45) is 0 Å². The number of benzene rings is 1. The van der Waals surface area contributed by atoms with Crippen molar-refractivity contribution in [3.05, 3.63) is 66.2 Å². The third kappa shape index (κ3) is 3.17. The maximum Gasteiger partial charge on any atom is 0.229 e. The summed E-state index contributed by atoms with van der Waals surface area (Å²) in [7, 11) is 0. The summed E-state index contributed by atoms with van der Waals surface area (Å²) in [4.78, 5) is 20.3. The van der Waals surface area contributed by atoms with Crippen LogP contribution in [0.1, 0.15) is 11.1 Å². The van der Waals surface area contributed by atoms with Gasteiger partial charge in [-0.25, -0.2) is 14.6 Å². The van der Waals surface area contributed by atoms with Crippen LogP contribution in [0.15, 0.2) is 55.1 Å². The van der Waals surface area contributed by atoms with E-state index in [0.29, 0.717) is 18.1 Å². The number of aryl methyl sites for hydroxylation is 1. The van der Waals surface area contributed by atoms with Crippen LogP contribution >= 0.6 is 0 Å². The lowest BCUT2D eigenvalue weighted by Crippen LogP contribution is -2.16. The fourth-order valence-electron chi connectivity index (χ4n) is 2.11. The van der Waals surface area contributed by atoms with Gasteiger partial charge in [0, 0.05) is 18.5 Å². The molecular formula is C16H15N5O. The number of nitrogens with one attached hydrogen (secondary N) is 1. The summed E-state index contributed by atoms with van der Waals surface area (Å²) in [5, 5.41) is 6.89. The van der Waals surface area contributed by atoms with Crippen LogP contribution in [0.4, 0.5) is 5.82 Å². The zero-order chi connectivity index (χ0) is 15.4. The summed E-state index contributed by atoms with van der Waals surface area (Å²) < 4.78 is 1.61. The molecule has 0 spiro atoms. The van der Waals surface area contributed by atoms with Crippen molar-refractivity contribution >= 4 is 11.7 Å². The van der Waals surface area contributed by atoms with Gasteiger partial charge >= 0.3 is 0 Å². The highest BCUT2D eigenvalue weighted by Gasteiger charge is 2.08. The van der Waals surface area contributed by atoms with Crippen molar-refractivity contribution in [2.75, 3.05) is 5.32 Å². The van der Waals surface area contributed by atoms with E-state index in [1.165, 1.54) is 6.33 Å². The van der Waals surface area contributed by atoms with E-state index in [9.17, 15) is 4.79 Å². The Labute approximate surface area is 127 Å². The molecule has 2 aromatic heterocycles. The predicted molar refractivity (Wildman–Crippen MR) is 82.7 cm³/mol. The molecule has 1 N–H and O–H groups in total. The Bertz CT molecular complexity index is 783. The number of amides is 1. The average molecular weight is 293 g/mol. The highest BCUT2D eigenvalue weighted by Crippen LogP contribution is 2.11. The van der Waals surface area contributed by atoms with Gasteiger partial charge in [0.25, 0.3) is 0 Å². The Hall–Kier alpha value is -3.02. The Morgan fingerprint density at radius 3 is 2.86 bits per heavy atom. The summed E-state index contributed by atoms with van der Waals surface area (Å²) in [5.41, 5.74) is 2.10. The number of hydrogen-bond acceptors (Lipinski definition) is 4. The number of aromatic nitrogens is 4. The smallest absolute Gasteiger partial charge is 0.229 e. The molecule has 1 amide bonds. The van der Waals surface area contributed by atoms with Gasteiger partial charge < -0.3 is 5.32 Å². The van der Waals surface area contributed by atoms with Gasteiger partial charge in [0.05, 0.1) is 6.42 Å². The predicted octanol–water partition coefficient (Wildman–Crippen LogP) is 2.15. The minimum Gasteiger partial charge on any atom is -0.310 e. The summed E-state index contributed by atoms with van der Waals surface area (Å²) in [5.74, 6) is 0.949. The van der Waals surface area contributed by atoms with Crippen LogP contribution < -0.4 is 5.32 Å². The summed E-state index contributed by atoms with van der Waals surface area (Å²) in [6.07, 6.45) is 5.16. The molecule has 0 unspecified atom stereocenters. The van der Waals surface area contributed by atoms with Gasteiger partial charge in [0.15, 0.2) is 5.82 Å². The van der Waals surface area contributed by atoms with Crippen LogP contribution in [0.3, 0.4) is 0 Å². The number of rotatable bonds is 4. The standard InChI is InChI=1S/C16H15N5O/c1-12-5-2-3-6-13(12)9-16(22)20-14-10-15(18-11-17-14)21-8-4-7-19-21/h2-8,10-11H,9H2,1H3,(H,17,18,20,22). The SMILES string of the molecule is Cc1ccccc1CC(=O)Nc1cc(-n2cccn2)ncn1. The molecule has 0 fully saturated rings. The van der Waals surface area contributed by atoms with Crippen molar-refractivity contribution in [1.82, 2.24) is 19.7 Å². The summed E-state index contributed by atoms with van der Waals surface area (Å²) in [6.45, 7) is 1.99. The van der Waals surface area contributed by atoms with E-state index < -0.39 is 0 Å². The summed E-state index contributed by atoms with van der Waals surface area (Å²) >= 11 is 0. The van der Waals surface area contributed by atoms with E-state index in [-0.39, 0.29) is 5.91 Å². The molecular weight excluding hydrogens is 278 g/mol. The van der Waals surface area contributed by atoms with Crippen molar-refractivity contribution < 1.29 is 4.79 Å². The fourth-order valence-corrected chi connectivity index (χ4v) is 2.11. The maximum absolute atomic E-state index is 12.1. The highest BCUT2D eigenvalue weighted by molar-refractivity contribution is 5.91. The molecule has 3 rings (SSSR count). The zero-order valence-corrected chi connectivity index (χ0v) is 12.1. The minimum atomic E-state index is -0.112. The van der Waals surface area contributed by atoms with E-state index in [4.69, 9.17) is 0 Å². The molecule has 1 aromatic carbocycles. The second-order valence-corrected chi connectivity index (χ2v) is 4.86. The second kappa shape index (κ2) is 6.17. The third-order valence-corrected chi connectivity index (χ3v) is 3.27. The van der Waals surface area contributed by atoms with Crippen LogP contribution in [-0.4, -0.2) is 25.7 Å². The molecule has 0 saturated heterocycles. The molecule has 110 valence electrons. The van der Waals surface area contributed by atoms with Gasteiger partial charge in [-0.2, -0.15) is 5.10 Å². The minimum absolute atomic E-state index is 0.112. The molecule has 2 heterocycles. The molecule has 0 radical (unpaired) electrons. The van der Waals surface area contributed by atoms with Crippen molar-refractivity contribution in [3.63, 3.8) is 0 Å². The second-order valence-electron chi connectivity index (χ2n) is 4.86. The fraction of sp³-hybridized carbons (Fsp3) is 0.125.